The molecule has 3 rings (SSSR count). The van der Waals surface area contributed by atoms with Gasteiger partial charge in [0, 0.05) is 24.7 Å². The number of benzene rings is 1. The molecule has 1 N–H and O–H groups in total. The summed E-state index contributed by atoms with van der Waals surface area (Å²) in [6, 6.07) is 8.02. The first-order valence-electron chi connectivity index (χ1n) is 7.01. The summed E-state index contributed by atoms with van der Waals surface area (Å²) in [7, 11) is 1.68. The molecule has 1 saturated heterocycles. The number of rotatable bonds is 4. The minimum Gasteiger partial charge on any atom is -0.497 e. The number of hydrogen-bond acceptors (Lipinski definition) is 4. The molecule has 0 bridgehead atoms. The van der Waals surface area contributed by atoms with E-state index >= 15 is 0 Å². The van der Waals surface area contributed by atoms with Crippen LogP contribution in [0.1, 0.15) is 19.8 Å². The molecule has 0 spiro atoms. The Morgan fingerprint density at radius 1 is 1.40 bits per heavy atom. The van der Waals surface area contributed by atoms with Crippen LogP contribution in [0.3, 0.4) is 0 Å². The zero-order valence-electron chi connectivity index (χ0n) is 12.0. The number of anilines is 1. The van der Waals surface area contributed by atoms with Gasteiger partial charge in [-0.1, -0.05) is 0 Å². The van der Waals surface area contributed by atoms with Crippen molar-refractivity contribution in [3.8, 4) is 5.75 Å². The first kappa shape index (κ1) is 13.2. The predicted octanol–water partition coefficient (Wildman–Crippen LogP) is 3.22. The van der Waals surface area contributed by atoms with E-state index in [4.69, 9.17) is 9.47 Å². The van der Waals surface area contributed by atoms with Crippen LogP contribution < -0.4 is 10.1 Å². The second-order valence-corrected chi connectivity index (χ2v) is 5.50. The molecule has 0 radical (unpaired) electrons. The average molecular weight is 272 g/mol. The summed E-state index contributed by atoms with van der Waals surface area (Å²) in [5.41, 5.74) is -0.0731. The summed E-state index contributed by atoms with van der Waals surface area (Å²) < 4.78 is 11.1. The molecule has 4 heteroatoms. The second kappa shape index (κ2) is 5.29. The highest BCUT2D eigenvalue weighted by Crippen LogP contribution is 2.28. The molecule has 1 unspecified atom stereocenters. The fourth-order valence-corrected chi connectivity index (χ4v) is 2.67. The SMILES string of the molecule is COc1ccc2c(NCC3(C)CCCO3)nccc2c1. The predicted molar refractivity (Wildman–Crippen MR) is 80.4 cm³/mol. The first-order chi connectivity index (χ1) is 9.70. The van der Waals surface area contributed by atoms with Crippen LogP contribution in [0.25, 0.3) is 10.8 Å². The van der Waals surface area contributed by atoms with Crippen LogP contribution in [-0.2, 0) is 4.74 Å². The van der Waals surface area contributed by atoms with Gasteiger partial charge in [0.25, 0.3) is 0 Å². The highest BCUT2D eigenvalue weighted by Gasteiger charge is 2.29. The Kier molecular flexibility index (Phi) is 3.49. The van der Waals surface area contributed by atoms with Gasteiger partial charge in [-0.15, -0.1) is 0 Å². The van der Waals surface area contributed by atoms with Crippen molar-refractivity contribution in [3.63, 3.8) is 0 Å². The largest absolute Gasteiger partial charge is 0.497 e. The average Bonchev–Trinajstić information content (AvgIpc) is 2.91. The number of nitrogens with one attached hydrogen (secondary N) is 1. The maximum absolute atomic E-state index is 5.80. The van der Waals surface area contributed by atoms with Gasteiger partial charge in [0.2, 0.25) is 0 Å². The fourth-order valence-electron chi connectivity index (χ4n) is 2.67. The molecule has 0 amide bonds. The lowest BCUT2D eigenvalue weighted by atomic mass is 10.0. The van der Waals surface area contributed by atoms with Gasteiger partial charge < -0.3 is 14.8 Å². The van der Waals surface area contributed by atoms with E-state index in [1.165, 1.54) is 0 Å². The molecule has 0 saturated carbocycles. The van der Waals surface area contributed by atoms with Crippen LogP contribution in [0.5, 0.6) is 5.75 Å². The number of hydrogen-bond donors (Lipinski definition) is 1. The lowest BCUT2D eigenvalue weighted by Crippen LogP contribution is -2.32. The smallest absolute Gasteiger partial charge is 0.133 e. The maximum Gasteiger partial charge on any atom is 0.133 e. The molecule has 20 heavy (non-hydrogen) atoms. The van der Waals surface area contributed by atoms with Crippen molar-refractivity contribution in [2.24, 2.45) is 0 Å². The molecule has 1 atom stereocenters. The van der Waals surface area contributed by atoms with Gasteiger partial charge in [0.15, 0.2) is 0 Å². The highest BCUT2D eigenvalue weighted by molar-refractivity contribution is 5.92. The standard InChI is InChI=1S/C16H20N2O2/c1-16(7-3-9-20-16)11-18-15-14-5-4-13(19-2)10-12(14)6-8-17-15/h4-6,8,10H,3,7,9,11H2,1-2H3,(H,17,18). The summed E-state index contributed by atoms with van der Waals surface area (Å²) in [4.78, 5) is 4.45. The Morgan fingerprint density at radius 2 is 2.30 bits per heavy atom. The van der Waals surface area contributed by atoms with E-state index in [2.05, 4.69) is 17.2 Å². The second-order valence-electron chi connectivity index (χ2n) is 5.50. The molecule has 1 aromatic heterocycles. The molecule has 1 aliphatic rings. The Hall–Kier alpha value is -1.81. The Balaban J connectivity index is 1.84. The van der Waals surface area contributed by atoms with E-state index in [1.807, 2.05) is 30.5 Å². The van der Waals surface area contributed by atoms with Crippen molar-refractivity contribution >= 4 is 16.6 Å². The Bertz CT molecular complexity index is 606. The quantitative estimate of drug-likeness (QED) is 0.928. The van der Waals surface area contributed by atoms with Crippen LogP contribution in [0.2, 0.25) is 0 Å². The molecular formula is C16H20N2O2. The van der Waals surface area contributed by atoms with Crippen LogP contribution in [-0.4, -0.2) is 30.8 Å². The third kappa shape index (κ3) is 2.56. The summed E-state index contributed by atoms with van der Waals surface area (Å²) >= 11 is 0. The van der Waals surface area contributed by atoms with Gasteiger partial charge >= 0.3 is 0 Å². The van der Waals surface area contributed by atoms with Crippen molar-refractivity contribution in [2.75, 3.05) is 25.6 Å². The van der Waals surface area contributed by atoms with Crippen LogP contribution >= 0.6 is 0 Å². The van der Waals surface area contributed by atoms with Crippen molar-refractivity contribution in [2.45, 2.75) is 25.4 Å². The topological polar surface area (TPSA) is 43.4 Å². The van der Waals surface area contributed by atoms with Gasteiger partial charge in [-0.05, 0) is 49.4 Å². The van der Waals surface area contributed by atoms with Crippen LogP contribution in [0.15, 0.2) is 30.5 Å². The highest BCUT2D eigenvalue weighted by atomic mass is 16.5. The minimum absolute atomic E-state index is 0.0731. The number of pyridine rings is 1. The van der Waals surface area contributed by atoms with Gasteiger partial charge in [0.1, 0.15) is 11.6 Å². The molecule has 106 valence electrons. The van der Waals surface area contributed by atoms with Crippen LogP contribution in [0, 0.1) is 0 Å². The maximum atomic E-state index is 5.80. The van der Waals surface area contributed by atoms with Gasteiger partial charge in [-0.2, -0.15) is 0 Å². The summed E-state index contributed by atoms with van der Waals surface area (Å²) in [6.07, 6.45) is 4.05. The Labute approximate surface area is 119 Å². The number of ether oxygens (including phenoxy) is 2. The van der Waals surface area contributed by atoms with Crippen molar-refractivity contribution in [1.29, 1.82) is 0 Å². The third-order valence-corrected chi connectivity index (χ3v) is 3.90. The minimum atomic E-state index is -0.0731. The molecule has 2 heterocycles. The number of nitrogens with zero attached hydrogens (tertiary/aromatic N) is 1. The lowest BCUT2D eigenvalue weighted by molar-refractivity contribution is 0.0315. The van der Waals surface area contributed by atoms with Gasteiger partial charge in [-0.25, -0.2) is 4.98 Å². The molecule has 1 aromatic carbocycles. The van der Waals surface area contributed by atoms with E-state index in [9.17, 15) is 0 Å². The summed E-state index contributed by atoms with van der Waals surface area (Å²) in [5.74, 6) is 1.77. The monoisotopic (exact) mass is 272 g/mol. The number of fused-ring (bicyclic) bond motifs is 1. The van der Waals surface area contributed by atoms with E-state index in [0.717, 1.165) is 48.3 Å². The normalized spacial score (nSPS) is 22.1. The van der Waals surface area contributed by atoms with Crippen molar-refractivity contribution < 1.29 is 9.47 Å². The summed E-state index contributed by atoms with van der Waals surface area (Å²) in [5, 5.41) is 5.66. The van der Waals surface area contributed by atoms with E-state index < -0.39 is 0 Å². The molecule has 1 aliphatic heterocycles. The fraction of sp³-hybridized carbons (Fsp3) is 0.438. The van der Waals surface area contributed by atoms with Gasteiger partial charge in [-0.3, -0.25) is 0 Å². The van der Waals surface area contributed by atoms with E-state index in [-0.39, 0.29) is 5.60 Å². The summed E-state index contributed by atoms with van der Waals surface area (Å²) in [6.45, 7) is 3.80. The molecule has 0 aliphatic carbocycles. The number of methoxy groups -OCH3 is 1. The zero-order valence-corrected chi connectivity index (χ0v) is 12.0. The molecule has 2 aromatic rings. The molecule has 4 nitrogen and oxygen atoms in total. The molecular weight excluding hydrogens is 252 g/mol. The lowest BCUT2D eigenvalue weighted by Gasteiger charge is -2.24. The van der Waals surface area contributed by atoms with Crippen molar-refractivity contribution in [3.05, 3.63) is 30.5 Å². The molecule has 1 fully saturated rings. The van der Waals surface area contributed by atoms with E-state index in [0.29, 0.717) is 0 Å². The van der Waals surface area contributed by atoms with E-state index in [1.54, 1.807) is 7.11 Å². The van der Waals surface area contributed by atoms with Gasteiger partial charge in [0.05, 0.1) is 12.7 Å². The van der Waals surface area contributed by atoms with Crippen LogP contribution in [0.4, 0.5) is 5.82 Å². The Morgan fingerprint density at radius 3 is 3.05 bits per heavy atom. The zero-order chi connectivity index (χ0) is 14.0. The first-order valence-corrected chi connectivity index (χ1v) is 7.01. The van der Waals surface area contributed by atoms with Crippen molar-refractivity contribution in [1.82, 2.24) is 4.98 Å². The number of aromatic nitrogens is 1. The third-order valence-electron chi connectivity index (χ3n) is 3.90.